The molecule has 0 aliphatic rings. The summed E-state index contributed by atoms with van der Waals surface area (Å²) in [6, 6.07) is 6.54. The third kappa shape index (κ3) is 4.01. The van der Waals surface area contributed by atoms with Crippen molar-refractivity contribution in [1.82, 2.24) is 9.47 Å². The number of rotatable bonds is 7. The predicted molar refractivity (Wildman–Crippen MR) is 112 cm³/mol. The first-order chi connectivity index (χ1) is 13.7. The van der Waals surface area contributed by atoms with E-state index in [1.165, 1.54) is 12.0 Å². The van der Waals surface area contributed by atoms with E-state index < -0.39 is 12.0 Å². The van der Waals surface area contributed by atoms with Crippen LogP contribution in [0, 0.1) is 20.8 Å². The van der Waals surface area contributed by atoms with Gasteiger partial charge in [-0.15, -0.1) is 6.58 Å². The van der Waals surface area contributed by atoms with Gasteiger partial charge in [0.05, 0.1) is 13.2 Å². The summed E-state index contributed by atoms with van der Waals surface area (Å²) in [6.45, 7) is 11.0. The van der Waals surface area contributed by atoms with E-state index in [2.05, 4.69) is 6.58 Å². The van der Waals surface area contributed by atoms with E-state index in [4.69, 9.17) is 4.74 Å². The molecule has 0 saturated carbocycles. The highest BCUT2D eigenvalue weighted by atomic mass is 16.5. The van der Waals surface area contributed by atoms with Gasteiger partial charge in [-0.3, -0.25) is 9.59 Å². The number of hydrogen-bond acceptors (Lipinski definition) is 4. The molecule has 0 bridgehead atoms. The number of hydrogen-bond donors (Lipinski definition) is 0. The summed E-state index contributed by atoms with van der Waals surface area (Å²) in [5.74, 6) is -0.962. The highest BCUT2D eigenvalue weighted by Crippen LogP contribution is 2.25. The maximum absolute atomic E-state index is 13.4. The van der Waals surface area contributed by atoms with Gasteiger partial charge in [-0.05, 0) is 44.9 Å². The zero-order valence-electron chi connectivity index (χ0n) is 17.9. The van der Waals surface area contributed by atoms with Gasteiger partial charge in [0.15, 0.2) is 5.78 Å². The molecule has 0 N–H and O–H groups in total. The molecular formula is C23H28N2O4. The van der Waals surface area contributed by atoms with Gasteiger partial charge < -0.3 is 14.2 Å². The van der Waals surface area contributed by atoms with Crippen LogP contribution in [0.5, 0.6) is 0 Å². The van der Waals surface area contributed by atoms with Gasteiger partial charge in [-0.2, -0.15) is 0 Å². The first-order valence-corrected chi connectivity index (χ1v) is 9.43. The molecule has 2 aromatic rings. The SMILES string of the molecule is C=CCN(C(=O)c1ccccc1C)[C@H](C)C(=O)c1c(C)c(C(=O)OC)n(C)c1C. The van der Waals surface area contributed by atoms with Crippen LogP contribution in [-0.2, 0) is 11.8 Å². The number of carbonyl (C=O) groups excluding carboxylic acids is 3. The molecule has 1 amide bonds. The highest BCUT2D eigenvalue weighted by molar-refractivity contribution is 6.07. The van der Waals surface area contributed by atoms with E-state index in [0.717, 1.165) is 5.56 Å². The van der Waals surface area contributed by atoms with Crippen molar-refractivity contribution in [3.63, 3.8) is 0 Å². The fourth-order valence-corrected chi connectivity index (χ4v) is 3.60. The van der Waals surface area contributed by atoms with Crippen molar-refractivity contribution in [2.75, 3.05) is 13.7 Å². The van der Waals surface area contributed by atoms with Gasteiger partial charge in [0.1, 0.15) is 5.69 Å². The van der Waals surface area contributed by atoms with Crippen LogP contribution in [0.2, 0.25) is 0 Å². The topological polar surface area (TPSA) is 68.6 Å². The van der Waals surface area contributed by atoms with Crippen molar-refractivity contribution in [3.8, 4) is 0 Å². The van der Waals surface area contributed by atoms with Crippen LogP contribution < -0.4 is 0 Å². The molecule has 29 heavy (non-hydrogen) atoms. The summed E-state index contributed by atoms with van der Waals surface area (Å²) < 4.78 is 6.51. The van der Waals surface area contributed by atoms with Gasteiger partial charge in [-0.1, -0.05) is 24.3 Å². The number of ketones is 1. The maximum Gasteiger partial charge on any atom is 0.354 e. The molecule has 1 aromatic carbocycles. The molecule has 154 valence electrons. The summed E-state index contributed by atoms with van der Waals surface area (Å²) in [5.41, 5.74) is 3.36. The average molecular weight is 396 g/mol. The molecule has 0 aliphatic carbocycles. The quantitative estimate of drug-likeness (QED) is 0.407. The second kappa shape index (κ2) is 8.90. The van der Waals surface area contributed by atoms with Crippen LogP contribution in [0.25, 0.3) is 0 Å². The van der Waals surface area contributed by atoms with Crippen molar-refractivity contribution in [1.29, 1.82) is 0 Å². The molecule has 1 heterocycles. The average Bonchev–Trinajstić information content (AvgIpc) is 2.93. The van der Waals surface area contributed by atoms with E-state index in [0.29, 0.717) is 28.1 Å². The molecule has 0 unspecified atom stereocenters. The van der Waals surface area contributed by atoms with E-state index in [1.54, 1.807) is 50.6 Å². The monoisotopic (exact) mass is 396 g/mol. The first-order valence-electron chi connectivity index (χ1n) is 9.43. The second-order valence-corrected chi connectivity index (χ2v) is 7.09. The fraction of sp³-hybridized carbons (Fsp3) is 0.348. The van der Waals surface area contributed by atoms with E-state index in [9.17, 15) is 14.4 Å². The van der Waals surface area contributed by atoms with Crippen molar-refractivity contribution in [2.45, 2.75) is 33.7 Å². The lowest BCUT2D eigenvalue weighted by molar-refractivity contribution is 0.0588. The van der Waals surface area contributed by atoms with Gasteiger partial charge in [0.25, 0.3) is 5.91 Å². The number of esters is 1. The number of ether oxygens (including phenoxy) is 1. The Hall–Kier alpha value is -3.15. The van der Waals surface area contributed by atoms with Gasteiger partial charge >= 0.3 is 5.97 Å². The van der Waals surface area contributed by atoms with Crippen molar-refractivity contribution >= 4 is 17.7 Å². The minimum Gasteiger partial charge on any atom is -0.464 e. The van der Waals surface area contributed by atoms with Crippen LogP contribution in [0.3, 0.4) is 0 Å². The molecule has 2 rings (SSSR count). The van der Waals surface area contributed by atoms with Crippen LogP contribution in [-0.4, -0.2) is 46.8 Å². The number of methoxy groups -OCH3 is 1. The van der Waals surface area contributed by atoms with Gasteiger partial charge in [-0.25, -0.2) is 4.79 Å². The standard InChI is InChI=1S/C23H28N2O4/c1-8-13-25(22(27)18-12-10-9-11-14(18)2)17(5)21(26)19-15(3)20(23(28)29-7)24(6)16(19)4/h8-12,17H,1,13H2,2-7H3/t17-/m1/s1. The largest absolute Gasteiger partial charge is 0.464 e. The molecule has 6 nitrogen and oxygen atoms in total. The van der Waals surface area contributed by atoms with Crippen molar-refractivity contribution in [3.05, 3.63) is 70.6 Å². The molecule has 0 spiro atoms. The van der Waals surface area contributed by atoms with Crippen LogP contribution in [0.15, 0.2) is 36.9 Å². The number of benzene rings is 1. The van der Waals surface area contributed by atoms with E-state index >= 15 is 0 Å². The Morgan fingerprint density at radius 3 is 2.38 bits per heavy atom. The lowest BCUT2D eigenvalue weighted by Crippen LogP contribution is -2.44. The van der Waals surface area contributed by atoms with Gasteiger partial charge in [0, 0.05) is 30.4 Å². The van der Waals surface area contributed by atoms with E-state index in [-0.39, 0.29) is 18.2 Å². The Morgan fingerprint density at radius 1 is 1.21 bits per heavy atom. The summed E-state index contributed by atoms with van der Waals surface area (Å²) in [4.78, 5) is 40.2. The van der Waals surface area contributed by atoms with Crippen LogP contribution in [0.1, 0.15) is 54.9 Å². The smallest absolute Gasteiger partial charge is 0.354 e. The molecule has 1 aromatic heterocycles. The Balaban J connectivity index is 2.48. The summed E-state index contributed by atoms with van der Waals surface area (Å²) in [7, 11) is 3.02. The highest BCUT2D eigenvalue weighted by Gasteiger charge is 2.32. The zero-order valence-corrected chi connectivity index (χ0v) is 17.9. The molecule has 6 heteroatoms. The predicted octanol–water partition coefficient (Wildman–Crippen LogP) is 3.64. The summed E-state index contributed by atoms with van der Waals surface area (Å²) in [5, 5.41) is 0. The Bertz CT molecular complexity index is 971. The maximum atomic E-state index is 13.4. The third-order valence-electron chi connectivity index (χ3n) is 5.36. The first kappa shape index (κ1) is 22.1. The lowest BCUT2D eigenvalue weighted by atomic mass is 9.98. The summed E-state index contributed by atoms with van der Waals surface area (Å²) >= 11 is 0. The molecule has 0 fully saturated rings. The zero-order chi connectivity index (χ0) is 21.9. The normalized spacial score (nSPS) is 11.7. The third-order valence-corrected chi connectivity index (χ3v) is 5.36. The number of amides is 1. The molecule has 0 radical (unpaired) electrons. The number of aromatic nitrogens is 1. The number of nitrogens with zero attached hydrogens (tertiary/aromatic N) is 2. The minimum atomic E-state index is -0.731. The van der Waals surface area contributed by atoms with Gasteiger partial charge in [0.2, 0.25) is 0 Å². The molecule has 1 atom stereocenters. The van der Waals surface area contributed by atoms with Crippen LogP contribution in [0.4, 0.5) is 0 Å². The molecular weight excluding hydrogens is 368 g/mol. The Kier molecular flexibility index (Phi) is 6.80. The Morgan fingerprint density at radius 2 is 1.83 bits per heavy atom. The van der Waals surface area contributed by atoms with Crippen molar-refractivity contribution < 1.29 is 19.1 Å². The number of carbonyl (C=O) groups is 3. The molecule has 0 saturated heterocycles. The van der Waals surface area contributed by atoms with Crippen molar-refractivity contribution in [2.24, 2.45) is 7.05 Å². The minimum absolute atomic E-state index is 0.227. The number of aryl methyl sites for hydroxylation is 1. The molecule has 0 aliphatic heterocycles. The van der Waals surface area contributed by atoms with E-state index in [1.807, 2.05) is 19.1 Å². The summed E-state index contributed by atoms with van der Waals surface area (Å²) in [6.07, 6.45) is 1.60. The van der Waals surface area contributed by atoms with Crippen LogP contribution >= 0.6 is 0 Å². The number of Topliss-reactive ketones (excluding diaryl/α,β-unsaturated/α-hetero) is 1. The fourth-order valence-electron chi connectivity index (χ4n) is 3.60. The second-order valence-electron chi connectivity index (χ2n) is 7.09. The Labute approximate surface area is 171 Å². The lowest BCUT2D eigenvalue weighted by Gasteiger charge is -2.28.